The molecule has 6 nitrogen and oxygen atoms in total. The molecule has 6 heteroatoms. The fourth-order valence-electron chi connectivity index (χ4n) is 1.95. The van der Waals surface area contributed by atoms with Crippen LogP contribution in [0, 0.1) is 0 Å². The van der Waals surface area contributed by atoms with E-state index in [1.165, 1.54) is 0 Å². The number of rotatable bonds is 8. The number of hydrogen-bond donors (Lipinski definition) is 3. The van der Waals surface area contributed by atoms with Crippen molar-refractivity contribution in [2.75, 3.05) is 5.48 Å². The Morgan fingerprint density at radius 1 is 0.810 bits per heavy atom. The molecule has 0 spiro atoms. The smallest absolute Gasteiger partial charge is 0.1000 e. The highest BCUT2D eigenvalue weighted by Gasteiger charge is 2.02. The highest BCUT2D eigenvalue weighted by Crippen LogP contribution is 2.14. The molecule has 2 aromatic rings. The number of hydrogen-bond acceptors (Lipinski definition) is 6. The zero-order valence-corrected chi connectivity index (χ0v) is 11.6. The quantitative estimate of drug-likeness (QED) is 0.644. The molecule has 0 aromatic heterocycles. The van der Waals surface area contributed by atoms with E-state index < -0.39 is 0 Å². The van der Waals surface area contributed by atoms with Gasteiger partial charge in [-0.05, 0) is 28.8 Å². The Kier molecular flexibility index (Phi) is 6.14. The molecule has 0 aliphatic rings. The van der Waals surface area contributed by atoms with Gasteiger partial charge in [0.05, 0.1) is 25.5 Å². The van der Waals surface area contributed by atoms with E-state index in [0.717, 1.165) is 22.4 Å². The van der Waals surface area contributed by atoms with Crippen LogP contribution in [-0.2, 0) is 34.3 Å². The third-order valence-corrected chi connectivity index (χ3v) is 2.95. The van der Waals surface area contributed by atoms with Crippen LogP contribution in [0.2, 0.25) is 0 Å². The molecule has 5 N–H and O–H groups in total. The van der Waals surface area contributed by atoms with E-state index in [4.69, 9.17) is 16.6 Å². The summed E-state index contributed by atoms with van der Waals surface area (Å²) in [5, 5.41) is 0. The number of anilines is 1. The number of benzene rings is 2. The van der Waals surface area contributed by atoms with Crippen molar-refractivity contribution in [3.8, 4) is 0 Å². The lowest BCUT2D eigenvalue weighted by molar-refractivity contribution is 0.120. The molecule has 0 amide bonds. The van der Waals surface area contributed by atoms with Crippen LogP contribution in [0.1, 0.15) is 16.7 Å². The third-order valence-electron chi connectivity index (χ3n) is 2.95. The highest BCUT2D eigenvalue weighted by atomic mass is 16.6. The summed E-state index contributed by atoms with van der Waals surface area (Å²) in [7, 11) is 0. The van der Waals surface area contributed by atoms with Gasteiger partial charge in [0, 0.05) is 0 Å². The summed E-state index contributed by atoms with van der Waals surface area (Å²) < 4.78 is 0. The monoisotopic (exact) mass is 289 g/mol. The normalized spacial score (nSPS) is 10.6. The van der Waals surface area contributed by atoms with E-state index in [1.54, 1.807) is 0 Å². The SMILES string of the molecule is NOCc1cccc(NOCc2ccccc2CON)c1. The molecular weight excluding hydrogens is 270 g/mol. The summed E-state index contributed by atoms with van der Waals surface area (Å²) in [6, 6.07) is 15.4. The van der Waals surface area contributed by atoms with Crippen LogP contribution in [0.3, 0.4) is 0 Å². The van der Waals surface area contributed by atoms with Gasteiger partial charge in [-0.2, -0.15) is 0 Å². The number of nitrogens with two attached hydrogens (primary N) is 2. The van der Waals surface area contributed by atoms with E-state index in [0.29, 0.717) is 19.8 Å². The van der Waals surface area contributed by atoms with Gasteiger partial charge in [-0.15, -0.1) is 0 Å². The first-order valence-corrected chi connectivity index (χ1v) is 6.50. The molecule has 21 heavy (non-hydrogen) atoms. The van der Waals surface area contributed by atoms with Crippen molar-refractivity contribution in [2.45, 2.75) is 19.8 Å². The summed E-state index contributed by atoms with van der Waals surface area (Å²) in [5.41, 5.74) is 6.69. The minimum atomic E-state index is 0.350. The summed E-state index contributed by atoms with van der Waals surface area (Å²) in [6.45, 7) is 1.10. The Balaban J connectivity index is 1.91. The predicted octanol–water partition coefficient (Wildman–Crippen LogP) is 2.01. The summed E-state index contributed by atoms with van der Waals surface area (Å²) in [6.07, 6.45) is 0. The van der Waals surface area contributed by atoms with Crippen molar-refractivity contribution in [3.05, 3.63) is 65.2 Å². The molecule has 2 rings (SSSR count). The minimum Gasteiger partial charge on any atom is -0.300 e. The van der Waals surface area contributed by atoms with Crippen LogP contribution in [0.4, 0.5) is 5.69 Å². The lowest BCUT2D eigenvalue weighted by atomic mass is 10.1. The zero-order valence-electron chi connectivity index (χ0n) is 11.6. The van der Waals surface area contributed by atoms with Crippen LogP contribution >= 0.6 is 0 Å². The Morgan fingerprint density at radius 3 is 2.24 bits per heavy atom. The molecule has 2 aromatic carbocycles. The highest BCUT2D eigenvalue weighted by molar-refractivity contribution is 5.43. The molecule has 0 bridgehead atoms. The van der Waals surface area contributed by atoms with Gasteiger partial charge in [-0.25, -0.2) is 11.8 Å². The topological polar surface area (TPSA) is 91.8 Å². The summed E-state index contributed by atoms with van der Waals surface area (Å²) in [5.74, 6) is 10.2. The van der Waals surface area contributed by atoms with E-state index >= 15 is 0 Å². The molecule has 0 saturated carbocycles. The molecule has 112 valence electrons. The maximum absolute atomic E-state index is 5.51. The molecule has 0 aliphatic carbocycles. The van der Waals surface area contributed by atoms with Gasteiger partial charge in [-0.1, -0.05) is 36.4 Å². The average molecular weight is 289 g/mol. The maximum atomic E-state index is 5.51. The zero-order chi connectivity index (χ0) is 14.9. The molecule has 0 unspecified atom stereocenters. The lowest BCUT2D eigenvalue weighted by Gasteiger charge is -2.11. The van der Waals surface area contributed by atoms with Crippen molar-refractivity contribution in [2.24, 2.45) is 11.8 Å². The van der Waals surface area contributed by atoms with E-state index in [-0.39, 0.29) is 0 Å². The fraction of sp³-hybridized carbons (Fsp3) is 0.200. The minimum absolute atomic E-state index is 0.350. The second-order valence-electron chi connectivity index (χ2n) is 4.48. The van der Waals surface area contributed by atoms with Gasteiger partial charge in [0.25, 0.3) is 0 Å². The Morgan fingerprint density at radius 2 is 1.52 bits per heavy atom. The van der Waals surface area contributed by atoms with Crippen molar-refractivity contribution in [1.82, 2.24) is 0 Å². The Labute approximate surface area is 123 Å². The van der Waals surface area contributed by atoms with Gasteiger partial charge in [0.15, 0.2) is 0 Å². The van der Waals surface area contributed by atoms with E-state index in [9.17, 15) is 0 Å². The van der Waals surface area contributed by atoms with Crippen LogP contribution in [0.15, 0.2) is 48.5 Å². The van der Waals surface area contributed by atoms with Crippen molar-refractivity contribution < 1.29 is 14.5 Å². The van der Waals surface area contributed by atoms with Crippen LogP contribution < -0.4 is 17.3 Å². The molecule has 0 atom stereocenters. The lowest BCUT2D eigenvalue weighted by Crippen LogP contribution is -2.06. The number of nitrogens with one attached hydrogen (secondary N) is 1. The third kappa shape index (κ3) is 4.82. The van der Waals surface area contributed by atoms with Crippen LogP contribution in [0.25, 0.3) is 0 Å². The second kappa shape index (κ2) is 8.35. The maximum Gasteiger partial charge on any atom is 0.1000 e. The van der Waals surface area contributed by atoms with Gasteiger partial charge in [-0.3, -0.25) is 20.0 Å². The van der Waals surface area contributed by atoms with Crippen LogP contribution in [0.5, 0.6) is 0 Å². The standard InChI is InChI=1S/C15H19N3O3/c16-19-9-12-4-3-7-15(8-12)18-21-11-14-6-2-1-5-13(14)10-20-17/h1-8,18H,9-11,16-17H2. The Hall–Kier alpha value is -1.96. The van der Waals surface area contributed by atoms with Gasteiger partial charge < -0.3 is 0 Å². The first kappa shape index (κ1) is 15.4. The average Bonchev–Trinajstić information content (AvgIpc) is 2.50. The van der Waals surface area contributed by atoms with Gasteiger partial charge >= 0.3 is 0 Å². The summed E-state index contributed by atoms with van der Waals surface area (Å²) in [4.78, 5) is 14.8. The molecule has 0 heterocycles. The van der Waals surface area contributed by atoms with Crippen molar-refractivity contribution >= 4 is 5.69 Å². The van der Waals surface area contributed by atoms with Crippen molar-refractivity contribution in [3.63, 3.8) is 0 Å². The van der Waals surface area contributed by atoms with Gasteiger partial charge in [0.2, 0.25) is 0 Å². The first-order chi connectivity index (χ1) is 10.3. The molecule has 0 radical (unpaired) electrons. The molecule has 0 fully saturated rings. The Bertz CT molecular complexity index is 563. The van der Waals surface area contributed by atoms with E-state index in [2.05, 4.69) is 15.2 Å². The predicted molar refractivity (Wildman–Crippen MR) is 79.2 cm³/mol. The first-order valence-electron chi connectivity index (χ1n) is 6.50. The molecule has 0 saturated heterocycles. The largest absolute Gasteiger partial charge is 0.300 e. The second-order valence-corrected chi connectivity index (χ2v) is 4.48. The summed E-state index contributed by atoms with van der Waals surface area (Å²) >= 11 is 0. The van der Waals surface area contributed by atoms with Gasteiger partial charge in [0.1, 0.15) is 0 Å². The fourth-order valence-corrected chi connectivity index (χ4v) is 1.95. The van der Waals surface area contributed by atoms with Crippen LogP contribution in [-0.4, -0.2) is 0 Å². The molecule has 0 aliphatic heterocycles. The molecular formula is C15H19N3O3. The van der Waals surface area contributed by atoms with Crippen molar-refractivity contribution in [1.29, 1.82) is 0 Å². The van der Waals surface area contributed by atoms with E-state index in [1.807, 2.05) is 48.5 Å².